The van der Waals surface area contributed by atoms with Gasteiger partial charge in [0.1, 0.15) is 0 Å². The fourth-order valence-electron chi connectivity index (χ4n) is 3.31. The van der Waals surface area contributed by atoms with Crippen molar-refractivity contribution in [2.75, 3.05) is 11.4 Å². The minimum Gasteiger partial charge on any atom is -0.326 e. The second-order valence-electron chi connectivity index (χ2n) is 6.16. The molecule has 0 saturated carbocycles. The number of amides is 1. The number of halogens is 2. The molecule has 24 heavy (non-hydrogen) atoms. The average molecular weight is 363 g/mol. The molecule has 1 heterocycles. The van der Waals surface area contributed by atoms with Gasteiger partial charge >= 0.3 is 0 Å². The van der Waals surface area contributed by atoms with Crippen molar-refractivity contribution >= 4 is 34.8 Å². The van der Waals surface area contributed by atoms with E-state index >= 15 is 0 Å². The van der Waals surface area contributed by atoms with Crippen LogP contribution in [0.5, 0.6) is 0 Å². The van der Waals surface area contributed by atoms with E-state index in [1.165, 1.54) is 5.56 Å². The normalized spacial score (nSPS) is 18.0. The van der Waals surface area contributed by atoms with Gasteiger partial charge in [-0.15, -0.1) is 0 Å². The van der Waals surface area contributed by atoms with Gasteiger partial charge < -0.3 is 10.6 Å². The summed E-state index contributed by atoms with van der Waals surface area (Å²) in [6, 6.07) is 13.5. The van der Waals surface area contributed by atoms with E-state index < -0.39 is 0 Å². The summed E-state index contributed by atoms with van der Waals surface area (Å²) in [5, 5.41) is 1.03. The van der Waals surface area contributed by atoms with E-state index in [1.54, 1.807) is 23.1 Å². The number of piperidine rings is 1. The molecule has 1 atom stereocenters. The Labute approximate surface area is 152 Å². The highest BCUT2D eigenvalue weighted by atomic mass is 35.5. The first-order valence-electron chi connectivity index (χ1n) is 8.11. The van der Waals surface area contributed by atoms with Gasteiger partial charge in [0.25, 0.3) is 0 Å². The predicted molar refractivity (Wildman–Crippen MR) is 99.6 cm³/mol. The van der Waals surface area contributed by atoms with Crippen LogP contribution in [0, 0.1) is 5.92 Å². The predicted octanol–water partition coefficient (Wildman–Crippen LogP) is 4.44. The van der Waals surface area contributed by atoms with E-state index in [4.69, 9.17) is 28.9 Å². The van der Waals surface area contributed by atoms with E-state index in [-0.39, 0.29) is 5.91 Å². The van der Waals surface area contributed by atoms with Gasteiger partial charge in [0, 0.05) is 19.5 Å². The second kappa shape index (κ2) is 7.56. The third kappa shape index (κ3) is 3.59. The molecule has 1 aliphatic heterocycles. The summed E-state index contributed by atoms with van der Waals surface area (Å²) in [6.07, 6.45) is 2.28. The molecule has 1 fully saturated rings. The van der Waals surface area contributed by atoms with E-state index in [9.17, 15) is 4.79 Å². The molecule has 1 saturated heterocycles. The fourth-order valence-corrected chi connectivity index (χ4v) is 3.91. The number of nitrogens with two attached hydrogens (primary N) is 1. The van der Waals surface area contributed by atoms with Crippen LogP contribution < -0.4 is 10.6 Å². The Morgan fingerprint density at radius 3 is 2.38 bits per heavy atom. The van der Waals surface area contributed by atoms with Crippen LogP contribution in [-0.2, 0) is 17.8 Å². The number of benzene rings is 2. The van der Waals surface area contributed by atoms with Gasteiger partial charge in [0.2, 0.25) is 5.91 Å². The van der Waals surface area contributed by atoms with Crippen LogP contribution in [0.1, 0.15) is 24.0 Å². The molecule has 0 bridgehead atoms. The van der Waals surface area contributed by atoms with E-state index in [1.807, 2.05) is 12.1 Å². The highest BCUT2D eigenvalue weighted by molar-refractivity contribution is 6.39. The van der Waals surface area contributed by atoms with Crippen molar-refractivity contribution in [3.8, 4) is 0 Å². The second-order valence-corrected chi connectivity index (χ2v) is 6.97. The Kier molecular flexibility index (Phi) is 5.44. The van der Waals surface area contributed by atoms with Gasteiger partial charge in [-0.25, -0.2) is 0 Å². The number of carbonyl (C=O) groups is 1. The summed E-state index contributed by atoms with van der Waals surface area (Å²) >= 11 is 12.6. The Morgan fingerprint density at radius 2 is 1.71 bits per heavy atom. The Hall–Kier alpha value is -1.55. The molecule has 5 heteroatoms. The third-order valence-electron chi connectivity index (χ3n) is 4.56. The molecule has 126 valence electrons. The molecule has 2 aromatic carbocycles. The summed E-state index contributed by atoms with van der Waals surface area (Å²) < 4.78 is 0. The van der Waals surface area contributed by atoms with Crippen LogP contribution >= 0.6 is 23.2 Å². The molecule has 1 unspecified atom stereocenters. The lowest BCUT2D eigenvalue weighted by Gasteiger charge is -2.34. The maximum Gasteiger partial charge on any atom is 0.227 e. The zero-order valence-corrected chi connectivity index (χ0v) is 14.9. The van der Waals surface area contributed by atoms with Gasteiger partial charge in [-0.1, -0.05) is 53.5 Å². The summed E-state index contributed by atoms with van der Waals surface area (Å²) in [4.78, 5) is 14.1. The van der Waals surface area contributed by atoms with Crippen LogP contribution in [0.4, 0.5) is 5.69 Å². The van der Waals surface area contributed by atoms with Gasteiger partial charge in [-0.2, -0.15) is 0 Å². The number of hydrogen-bond donors (Lipinski definition) is 1. The molecule has 0 spiro atoms. The van der Waals surface area contributed by atoms with Crippen LogP contribution in [0.2, 0.25) is 10.0 Å². The molecule has 1 aliphatic rings. The van der Waals surface area contributed by atoms with Crippen molar-refractivity contribution in [3.05, 3.63) is 63.6 Å². The molecule has 0 aromatic heterocycles. The Bertz CT molecular complexity index is 728. The van der Waals surface area contributed by atoms with Crippen molar-refractivity contribution in [1.82, 2.24) is 0 Å². The highest BCUT2D eigenvalue weighted by Crippen LogP contribution is 2.37. The first-order chi connectivity index (χ1) is 11.6. The smallest absolute Gasteiger partial charge is 0.227 e. The zero-order chi connectivity index (χ0) is 17.1. The van der Waals surface area contributed by atoms with Crippen molar-refractivity contribution in [2.45, 2.75) is 25.8 Å². The molecule has 3 nitrogen and oxygen atoms in total. The SMILES string of the molecule is NCc1ccccc1CC1CCC(=O)N(c2c(Cl)cccc2Cl)C1. The monoisotopic (exact) mass is 362 g/mol. The first-order valence-corrected chi connectivity index (χ1v) is 8.87. The Balaban J connectivity index is 1.82. The topological polar surface area (TPSA) is 46.3 Å². The van der Waals surface area contributed by atoms with Gasteiger partial charge in [-0.3, -0.25) is 4.79 Å². The van der Waals surface area contributed by atoms with Crippen molar-refractivity contribution in [2.24, 2.45) is 11.7 Å². The molecule has 3 rings (SSSR count). The lowest BCUT2D eigenvalue weighted by molar-refractivity contribution is -0.120. The minimum absolute atomic E-state index is 0.0772. The van der Waals surface area contributed by atoms with Crippen molar-refractivity contribution in [3.63, 3.8) is 0 Å². The third-order valence-corrected chi connectivity index (χ3v) is 5.17. The summed E-state index contributed by atoms with van der Waals surface area (Å²) in [6.45, 7) is 1.16. The first kappa shape index (κ1) is 17.3. The van der Waals surface area contributed by atoms with E-state index in [0.717, 1.165) is 18.4 Å². The number of carbonyl (C=O) groups excluding carboxylic acids is 1. The lowest BCUT2D eigenvalue weighted by Crippen LogP contribution is -2.41. The standard InChI is InChI=1S/C19H20Cl2N2O/c20-16-6-3-7-17(21)19(16)23-12-13(8-9-18(23)24)10-14-4-1-2-5-15(14)11-22/h1-7,13H,8-12,22H2. The summed E-state index contributed by atoms with van der Waals surface area (Å²) in [5.41, 5.74) is 8.88. The quantitative estimate of drug-likeness (QED) is 0.873. The van der Waals surface area contributed by atoms with Crippen LogP contribution in [0.3, 0.4) is 0 Å². The number of hydrogen-bond acceptors (Lipinski definition) is 2. The highest BCUT2D eigenvalue weighted by Gasteiger charge is 2.29. The van der Waals surface area contributed by atoms with Gasteiger partial charge in [0.15, 0.2) is 0 Å². The van der Waals surface area contributed by atoms with Crippen molar-refractivity contribution < 1.29 is 4.79 Å². The number of anilines is 1. The van der Waals surface area contributed by atoms with Crippen molar-refractivity contribution in [1.29, 1.82) is 0 Å². The molecular formula is C19H20Cl2N2O. The molecule has 2 aromatic rings. The number of para-hydroxylation sites is 1. The average Bonchev–Trinajstić information content (AvgIpc) is 2.58. The molecular weight excluding hydrogens is 343 g/mol. The van der Waals surface area contributed by atoms with Gasteiger partial charge in [-0.05, 0) is 42.0 Å². The minimum atomic E-state index is 0.0772. The molecule has 0 aliphatic carbocycles. The van der Waals surface area contributed by atoms with Crippen LogP contribution in [0.15, 0.2) is 42.5 Å². The van der Waals surface area contributed by atoms with E-state index in [0.29, 0.717) is 41.2 Å². The molecule has 2 N–H and O–H groups in total. The largest absolute Gasteiger partial charge is 0.326 e. The van der Waals surface area contributed by atoms with Crippen LogP contribution in [-0.4, -0.2) is 12.5 Å². The maximum absolute atomic E-state index is 12.4. The zero-order valence-electron chi connectivity index (χ0n) is 13.3. The number of rotatable bonds is 4. The molecule has 1 amide bonds. The fraction of sp³-hybridized carbons (Fsp3) is 0.316. The van der Waals surface area contributed by atoms with Gasteiger partial charge in [0.05, 0.1) is 15.7 Å². The number of nitrogens with zero attached hydrogens (tertiary/aromatic N) is 1. The maximum atomic E-state index is 12.4. The Morgan fingerprint density at radius 1 is 1.04 bits per heavy atom. The molecule has 0 radical (unpaired) electrons. The summed E-state index contributed by atoms with van der Waals surface area (Å²) in [7, 11) is 0. The lowest BCUT2D eigenvalue weighted by atomic mass is 9.89. The van der Waals surface area contributed by atoms with E-state index in [2.05, 4.69) is 12.1 Å². The summed E-state index contributed by atoms with van der Waals surface area (Å²) in [5.74, 6) is 0.441. The van der Waals surface area contributed by atoms with Crippen LogP contribution in [0.25, 0.3) is 0 Å².